The Labute approximate surface area is 183 Å². The van der Waals surface area contributed by atoms with E-state index in [1.807, 2.05) is 23.1 Å². The number of hydrogen-bond acceptors (Lipinski definition) is 4. The van der Waals surface area contributed by atoms with Gasteiger partial charge in [-0.15, -0.1) is 0 Å². The molecule has 2 aromatic rings. The molecule has 1 heterocycles. The fourth-order valence-corrected chi connectivity index (χ4v) is 4.93. The van der Waals surface area contributed by atoms with Crippen molar-refractivity contribution in [2.45, 2.75) is 56.2 Å². The predicted molar refractivity (Wildman–Crippen MR) is 119 cm³/mol. The van der Waals surface area contributed by atoms with Crippen molar-refractivity contribution in [3.63, 3.8) is 0 Å². The van der Waals surface area contributed by atoms with Crippen LogP contribution in [-0.4, -0.2) is 36.9 Å². The van der Waals surface area contributed by atoms with Crippen LogP contribution in [0, 0.1) is 5.92 Å². The van der Waals surface area contributed by atoms with E-state index < -0.39 is 15.1 Å². The Balaban J connectivity index is 1.39. The molecule has 1 fully saturated rings. The molecule has 0 spiro atoms. The van der Waals surface area contributed by atoms with E-state index in [9.17, 15) is 18.0 Å². The Hall–Kier alpha value is -2.67. The third-order valence-corrected chi connectivity index (χ3v) is 8.15. The average molecular weight is 441 g/mol. The Kier molecular flexibility index (Phi) is 5.88. The molecule has 164 valence electrons. The van der Waals surface area contributed by atoms with Gasteiger partial charge in [-0.2, -0.15) is 0 Å². The average Bonchev–Trinajstić information content (AvgIpc) is 3.58. The molecule has 0 saturated heterocycles. The zero-order chi connectivity index (χ0) is 22.2. The zero-order valence-corrected chi connectivity index (χ0v) is 18.7. The summed E-state index contributed by atoms with van der Waals surface area (Å²) in [5, 5.41) is 2.44. The van der Waals surface area contributed by atoms with Crippen LogP contribution in [0.2, 0.25) is 0 Å². The van der Waals surface area contributed by atoms with E-state index >= 15 is 0 Å². The molecule has 6 nitrogen and oxygen atoms in total. The van der Waals surface area contributed by atoms with E-state index in [4.69, 9.17) is 0 Å². The minimum absolute atomic E-state index is 0.158. The van der Waals surface area contributed by atoms with Gasteiger partial charge in [-0.3, -0.25) is 9.59 Å². The maximum Gasteiger partial charge on any atom is 0.228 e. The van der Waals surface area contributed by atoms with Gasteiger partial charge >= 0.3 is 0 Å². The standard InChI is InChI=1S/C24H28N2O4S/c1-16(2)31(29,30)22-9-3-17(4-10-22)13-23(27)25-21-8-7-18-11-12-26(15-20(18)14-21)24(28)19-5-6-19/h3-4,7-10,14,16,19H,5-6,11-13,15H2,1-2H3,(H,25,27). The van der Waals surface area contributed by atoms with Gasteiger partial charge in [0.15, 0.2) is 9.84 Å². The van der Waals surface area contributed by atoms with E-state index in [1.54, 1.807) is 38.1 Å². The van der Waals surface area contributed by atoms with Gasteiger partial charge in [0.05, 0.1) is 16.6 Å². The minimum Gasteiger partial charge on any atom is -0.338 e. The van der Waals surface area contributed by atoms with Crippen LogP contribution in [0.1, 0.15) is 43.4 Å². The molecule has 2 aromatic carbocycles. The largest absolute Gasteiger partial charge is 0.338 e. The van der Waals surface area contributed by atoms with Gasteiger partial charge in [-0.1, -0.05) is 18.2 Å². The highest BCUT2D eigenvalue weighted by molar-refractivity contribution is 7.92. The highest BCUT2D eigenvalue weighted by atomic mass is 32.2. The highest BCUT2D eigenvalue weighted by Gasteiger charge is 2.34. The third-order valence-electron chi connectivity index (χ3n) is 5.98. The molecular weight excluding hydrogens is 412 g/mol. The molecule has 2 amide bonds. The normalized spacial score (nSPS) is 16.2. The second-order valence-electron chi connectivity index (χ2n) is 8.73. The lowest BCUT2D eigenvalue weighted by molar-refractivity contribution is -0.133. The molecule has 1 saturated carbocycles. The summed E-state index contributed by atoms with van der Waals surface area (Å²) >= 11 is 0. The zero-order valence-electron chi connectivity index (χ0n) is 17.9. The maximum atomic E-state index is 12.5. The summed E-state index contributed by atoms with van der Waals surface area (Å²) in [5.74, 6) is 0.301. The van der Waals surface area contributed by atoms with Crippen LogP contribution in [0.5, 0.6) is 0 Å². The Morgan fingerprint density at radius 3 is 2.42 bits per heavy atom. The van der Waals surface area contributed by atoms with Gasteiger partial charge in [0.2, 0.25) is 11.8 Å². The highest BCUT2D eigenvalue weighted by Crippen LogP contribution is 2.33. The first-order valence-electron chi connectivity index (χ1n) is 10.8. The van der Waals surface area contributed by atoms with Crippen molar-refractivity contribution >= 4 is 27.3 Å². The number of fused-ring (bicyclic) bond motifs is 1. The van der Waals surface area contributed by atoms with Crippen molar-refractivity contribution in [1.29, 1.82) is 0 Å². The fraction of sp³-hybridized carbons (Fsp3) is 0.417. The fourth-order valence-electron chi connectivity index (χ4n) is 3.87. The van der Waals surface area contributed by atoms with Crippen LogP contribution >= 0.6 is 0 Å². The summed E-state index contributed by atoms with van der Waals surface area (Å²) < 4.78 is 24.5. The quantitative estimate of drug-likeness (QED) is 0.747. The van der Waals surface area contributed by atoms with Crippen molar-refractivity contribution in [1.82, 2.24) is 4.90 Å². The number of sulfone groups is 1. The lowest BCUT2D eigenvalue weighted by Crippen LogP contribution is -2.36. The second kappa shape index (κ2) is 8.46. The van der Waals surface area contributed by atoms with Crippen LogP contribution in [0.4, 0.5) is 5.69 Å². The number of nitrogens with zero attached hydrogens (tertiary/aromatic N) is 1. The smallest absolute Gasteiger partial charge is 0.228 e. The van der Waals surface area contributed by atoms with Crippen LogP contribution in [0.25, 0.3) is 0 Å². The van der Waals surface area contributed by atoms with Crippen LogP contribution < -0.4 is 5.32 Å². The molecule has 0 atom stereocenters. The number of carbonyl (C=O) groups excluding carboxylic acids is 2. The van der Waals surface area contributed by atoms with E-state index in [0.717, 1.165) is 36.9 Å². The summed E-state index contributed by atoms with van der Waals surface area (Å²) in [6, 6.07) is 12.4. The Morgan fingerprint density at radius 2 is 1.77 bits per heavy atom. The Morgan fingerprint density at radius 1 is 1.06 bits per heavy atom. The van der Waals surface area contributed by atoms with Crippen molar-refractivity contribution < 1.29 is 18.0 Å². The van der Waals surface area contributed by atoms with E-state index in [0.29, 0.717) is 12.2 Å². The third kappa shape index (κ3) is 4.82. The monoisotopic (exact) mass is 440 g/mol. The summed E-state index contributed by atoms with van der Waals surface area (Å²) in [6.45, 7) is 4.66. The van der Waals surface area contributed by atoms with Crippen molar-refractivity contribution in [3.05, 3.63) is 59.2 Å². The number of carbonyl (C=O) groups is 2. The molecular formula is C24H28N2O4S. The molecule has 0 bridgehead atoms. The number of anilines is 1. The lowest BCUT2D eigenvalue weighted by Gasteiger charge is -2.29. The van der Waals surface area contributed by atoms with Gasteiger partial charge in [0, 0.05) is 24.7 Å². The molecule has 0 aromatic heterocycles. The van der Waals surface area contributed by atoms with Crippen LogP contribution in [-0.2, 0) is 38.8 Å². The van der Waals surface area contributed by atoms with Gasteiger partial charge in [0.1, 0.15) is 0 Å². The number of hydrogen-bond donors (Lipinski definition) is 1. The molecule has 2 aliphatic rings. The molecule has 1 aliphatic carbocycles. The molecule has 1 N–H and O–H groups in total. The van der Waals surface area contributed by atoms with Gasteiger partial charge in [0.25, 0.3) is 0 Å². The lowest BCUT2D eigenvalue weighted by atomic mass is 9.98. The molecule has 31 heavy (non-hydrogen) atoms. The van der Waals surface area contributed by atoms with Gasteiger partial charge in [-0.05, 0) is 74.1 Å². The van der Waals surface area contributed by atoms with Crippen molar-refractivity contribution in [2.24, 2.45) is 5.92 Å². The summed E-state index contributed by atoms with van der Waals surface area (Å²) in [5.41, 5.74) is 3.77. The predicted octanol–water partition coefficient (Wildman–Crippen LogP) is 3.34. The summed E-state index contributed by atoms with van der Waals surface area (Å²) in [6.07, 6.45) is 3.00. The van der Waals surface area contributed by atoms with Crippen molar-refractivity contribution in [3.8, 4) is 0 Å². The maximum absolute atomic E-state index is 12.5. The SMILES string of the molecule is CC(C)S(=O)(=O)c1ccc(CC(=O)Nc2ccc3c(c2)CN(C(=O)C2CC2)CC3)cc1. The topological polar surface area (TPSA) is 83.6 Å². The first kappa shape index (κ1) is 21.6. The number of benzene rings is 2. The number of rotatable bonds is 6. The van der Waals surface area contributed by atoms with Gasteiger partial charge in [-0.25, -0.2) is 8.42 Å². The second-order valence-corrected chi connectivity index (χ2v) is 11.2. The van der Waals surface area contributed by atoms with E-state index in [1.165, 1.54) is 5.56 Å². The molecule has 4 rings (SSSR count). The van der Waals surface area contributed by atoms with Crippen molar-refractivity contribution in [2.75, 3.05) is 11.9 Å². The van der Waals surface area contributed by atoms with E-state index in [-0.39, 0.29) is 29.0 Å². The molecule has 0 radical (unpaired) electrons. The molecule has 0 unspecified atom stereocenters. The Bertz CT molecular complexity index is 1100. The summed E-state index contributed by atoms with van der Waals surface area (Å²) in [4.78, 5) is 27.1. The molecule has 1 aliphatic heterocycles. The first-order valence-corrected chi connectivity index (χ1v) is 12.3. The number of amides is 2. The first-order chi connectivity index (χ1) is 14.7. The minimum atomic E-state index is -3.32. The van der Waals surface area contributed by atoms with Crippen LogP contribution in [0.3, 0.4) is 0 Å². The van der Waals surface area contributed by atoms with Gasteiger partial charge < -0.3 is 10.2 Å². The summed E-state index contributed by atoms with van der Waals surface area (Å²) in [7, 11) is -3.32. The van der Waals surface area contributed by atoms with Crippen LogP contribution in [0.15, 0.2) is 47.4 Å². The van der Waals surface area contributed by atoms with E-state index in [2.05, 4.69) is 5.32 Å². The molecule has 7 heteroatoms. The number of nitrogens with one attached hydrogen (secondary N) is 1.